The standard InChI is InChI=1S/C21H34N4O2S/c1-5-22-20(25-14-13-21(16-25)11-6-12-21)23-15-18-7-9-19(10-8-18)28(26,27)24(4)17(2)3/h7-10,17H,5-6,11-16H2,1-4H3,(H,22,23). The Morgan fingerprint density at radius 2 is 1.93 bits per heavy atom. The lowest BCUT2D eigenvalue weighted by Crippen LogP contribution is -2.42. The first-order chi connectivity index (χ1) is 13.3. The number of hydrogen-bond acceptors (Lipinski definition) is 3. The third-order valence-corrected chi connectivity index (χ3v) is 8.27. The number of hydrogen-bond donors (Lipinski definition) is 1. The number of likely N-dealkylation sites (tertiary alicyclic amines) is 1. The molecule has 1 heterocycles. The summed E-state index contributed by atoms with van der Waals surface area (Å²) in [5, 5.41) is 3.42. The first kappa shape index (κ1) is 21.1. The minimum Gasteiger partial charge on any atom is -0.357 e. The van der Waals surface area contributed by atoms with Gasteiger partial charge < -0.3 is 10.2 Å². The Balaban J connectivity index is 1.68. The van der Waals surface area contributed by atoms with Gasteiger partial charge in [0.05, 0.1) is 11.4 Å². The monoisotopic (exact) mass is 406 g/mol. The van der Waals surface area contributed by atoms with E-state index in [2.05, 4.69) is 17.1 Å². The molecule has 1 spiro atoms. The maximum absolute atomic E-state index is 12.6. The molecule has 28 heavy (non-hydrogen) atoms. The van der Waals surface area contributed by atoms with Crippen LogP contribution in [-0.2, 0) is 16.6 Å². The summed E-state index contributed by atoms with van der Waals surface area (Å²) in [6.45, 7) is 9.41. The summed E-state index contributed by atoms with van der Waals surface area (Å²) < 4.78 is 26.6. The van der Waals surface area contributed by atoms with Crippen molar-refractivity contribution in [3.63, 3.8) is 0 Å². The molecule has 1 aliphatic heterocycles. The molecule has 2 aliphatic rings. The number of sulfonamides is 1. The Kier molecular flexibility index (Phi) is 6.34. The van der Waals surface area contributed by atoms with Crippen molar-refractivity contribution < 1.29 is 8.42 Å². The first-order valence-corrected chi connectivity index (χ1v) is 11.8. The molecule has 1 aromatic carbocycles. The summed E-state index contributed by atoms with van der Waals surface area (Å²) in [7, 11) is -1.82. The SMILES string of the molecule is CCNC(=NCc1ccc(S(=O)(=O)N(C)C(C)C)cc1)N1CCC2(CCC2)C1. The minimum atomic E-state index is -3.44. The van der Waals surface area contributed by atoms with Crippen molar-refractivity contribution in [2.24, 2.45) is 10.4 Å². The highest BCUT2D eigenvalue weighted by Crippen LogP contribution is 2.47. The van der Waals surface area contributed by atoms with Crippen molar-refractivity contribution in [3.05, 3.63) is 29.8 Å². The lowest BCUT2D eigenvalue weighted by molar-refractivity contribution is 0.151. The number of nitrogens with one attached hydrogen (secondary N) is 1. The average molecular weight is 407 g/mol. The van der Waals surface area contributed by atoms with Gasteiger partial charge in [0.2, 0.25) is 10.0 Å². The molecule has 7 heteroatoms. The van der Waals surface area contributed by atoms with Gasteiger partial charge >= 0.3 is 0 Å². The van der Waals surface area contributed by atoms with E-state index in [-0.39, 0.29) is 6.04 Å². The van der Waals surface area contributed by atoms with Crippen LogP contribution in [0.4, 0.5) is 0 Å². The zero-order valence-electron chi connectivity index (χ0n) is 17.6. The molecule has 0 aromatic heterocycles. The largest absolute Gasteiger partial charge is 0.357 e. The van der Waals surface area contributed by atoms with Crippen molar-refractivity contribution in [3.8, 4) is 0 Å². The van der Waals surface area contributed by atoms with Gasteiger partial charge in [-0.3, -0.25) is 0 Å². The van der Waals surface area contributed by atoms with E-state index in [0.29, 0.717) is 16.9 Å². The van der Waals surface area contributed by atoms with Gasteiger partial charge in [0.15, 0.2) is 5.96 Å². The van der Waals surface area contributed by atoms with Gasteiger partial charge in [-0.15, -0.1) is 0 Å². The maximum atomic E-state index is 12.6. The van der Waals surface area contributed by atoms with Crippen LogP contribution < -0.4 is 5.32 Å². The summed E-state index contributed by atoms with van der Waals surface area (Å²) in [5.41, 5.74) is 1.55. The smallest absolute Gasteiger partial charge is 0.243 e. The van der Waals surface area contributed by atoms with Gasteiger partial charge in [-0.25, -0.2) is 13.4 Å². The van der Waals surface area contributed by atoms with Crippen molar-refractivity contribution >= 4 is 16.0 Å². The number of aliphatic imine (C=N–C) groups is 1. The highest BCUT2D eigenvalue weighted by molar-refractivity contribution is 7.89. The summed E-state index contributed by atoms with van der Waals surface area (Å²) >= 11 is 0. The molecular formula is C21H34N4O2S. The van der Waals surface area contributed by atoms with Crippen LogP contribution in [0.15, 0.2) is 34.2 Å². The minimum absolute atomic E-state index is 0.0728. The lowest BCUT2D eigenvalue weighted by Gasteiger charge is -2.38. The fraction of sp³-hybridized carbons (Fsp3) is 0.667. The predicted molar refractivity (Wildman–Crippen MR) is 114 cm³/mol. The summed E-state index contributed by atoms with van der Waals surface area (Å²) in [6.07, 6.45) is 5.34. The van der Waals surface area contributed by atoms with Crippen molar-refractivity contribution in [1.29, 1.82) is 0 Å². The third-order valence-electron chi connectivity index (χ3n) is 6.23. The van der Waals surface area contributed by atoms with Crippen molar-refractivity contribution in [1.82, 2.24) is 14.5 Å². The van der Waals surface area contributed by atoms with Crippen molar-refractivity contribution in [2.75, 3.05) is 26.7 Å². The molecule has 1 saturated carbocycles. The van der Waals surface area contributed by atoms with Gasteiger partial charge in [-0.1, -0.05) is 18.6 Å². The normalized spacial score (nSPS) is 19.5. The quantitative estimate of drug-likeness (QED) is 0.582. The molecule has 0 radical (unpaired) electrons. The Labute approximate surface area is 170 Å². The molecule has 2 fully saturated rings. The van der Waals surface area contributed by atoms with Gasteiger partial charge in [0, 0.05) is 32.7 Å². The number of nitrogens with zero attached hydrogens (tertiary/aromatic N) is 3. The third kappa shape index (κ3) is 4.35. The van der Waals surface area contributed by atoms with E-state index in [0.717, 1.165) is 31.2 Å². The topological polar surface area (TPSA) is 65.0 Å². The van der Waals surface area contributed by atoms with E-state index >= 15 is 0 Å². The number of benzene rings is 1. The van der Waals surface area contributed by atoms with E-state index in [1.165, 1.54) is 30.0 Å². The molecule has 3 rings (SSSR count). The van der Waals surface area contributed by atoms with Gasteiger partial charge in [-0.2, -0.15) is 4.31 Å². The molecule has 0 bridgehead atoms. The second-order valence-corrected chi connectivity index (χ2v) is 10.5. The Bertz CT molecular complexity index is 798. The molecule has 1 aromatic rings. The zero-order valence-corrected chi connectivity index (χ0v) is 18.4. The Morgan fingerprint density at radius 3 is 2.43 bits per heavy atom. The molecule has 156 valence electrons. The van der Waals surface area contributed by atoms with Gasteiger partial charge in [-0.05, 0) is 63.1 Å². The molecule has 1 aliphatic carbocycles. The summed E-state index contributed by atoms with van der Waals surface area (Å²) in [4.78, 5) is 7.53. The predicted octanol–water partition coefficient (Wildman–Crippen LogP) is 3.06. The average Bonchev–Trinajstić information content (AvgIpc) is 3.11. The molecule has 1 N–H and O–H groups in total. The van der Waals surface area contributed by atoms with E-state index < -0.39 is 10.0 Å². The summed E-state index contributed by atoms with van der Waals surface area (Å²) in [6, 6.07) is 7.03. The second kappa shape index (κ2) is 8.41. The fourth-order valence-electron chi connectivity index (χ4n) is 4.00. The molecule has 0 unspecified atom stereocenters. The molecule has 6 nitrogen and oxygen atoms in total. The molecular weight excluding hydrogens is 372 g/mol. The van der Waals surface area contributed by atoms with Gasteiger partial charge in [0.1, 0.15) is 0 Å². The Hall–Kier alpha value is -1.60. The van der Waals surface area contributed by atoms with Crippen LogP contribution in [0.1, 0.15) is 52.0 Å². The number of guanidine groups is 1. The van der Waals surface area contributed by atoms with Crippen LogP contribution in [-0.4, -0.2) is 56.3 Å². The fourth-order valence-corrected chi connectivity index (χ4v) is 5.37. The summed E-state index contributed by atoms with van der Waals surface area (Å²) in [5.74, 6) is 0.975. The van der Waals surface area contributed by atoms with Crippen LogP contribution in [0.2, 0.25) is 0 Å². The van der Waals surface area contributed by atoms with Crippen LogP contribution in [0.25, 0.3) is 0 Å². The van der Waals surface area contributed by atoms with E-state index in [1.54, 1.807) is 19.2 Å². The van der Waals surface area contributed by atoms with E-state index in [1.807, 2.05) is 26.0 Å². The Morgan fingerprint density at radius 1 is 1.25 bits per heavy atom. The van der Waals surface area contributed by atoms with Crippen LogP contribution in [0, 0.1) is 5.41 Å². The van der Waals surface area contributed by atoms with Gasteiger partial charge in [0.25, 0.3) is 0 Å². The molecule has 0 atom stereocenters. The highest BCUT2D eigenvalue weighted by Gasteiger charge is 2.43. The van der Waals surface area contributed by atoms with Crippen LogP contribution in [0.3, 0.4) is 0 Å². The van der Waals surface area contributed by atoms with Crippen LogP contribution >= 0.6 is 0 Å². The zero-order chi connectivity index (χ0) is 20.4. The lowest BCUT2D eigenvalue weighted by atomic mass is 9.68. The van der Waals surface area contributed by atoms with Crippen molar-refractivity contribution in [2.45, 2.75) is 63.9 Å². The number of rotatable bonds is 6. The molecule has 1 saturated heterocycles. The second-order valence-electron chi connectivity index (χ2n) is 8.45. The van der Waals surface area contributed by atoms with E-state index in [9.17, 15) is 8.42 Å². The van der Waals surface area contributed by atoms with Crippen LogP contribution in [0.5, 0.6) is 0 Å². The van der Waals surface area contributed by atoms with E-state index in [4.69, 9.17) is 4.99 Å². The maximum Gasteiger partial charge on any atom is 0.243 e. The highest BCUT2D eigenvalue weighted by atomic mass is 32.2. The first-order valence-electron chi connectivity index (χ1n) is 10.4. The molecule has 0 amide bonds.